The normalized spacial score (nSPS) is 31.4. The summed E-state index contributed by atoms with van der Waals surface area (Å²) in [5.41, 5.74) is 0.420. The zero-order chi connectivity index (χ0) is 15.7. The van der Waals surface area contributed by atoms with Crippen molar-refractivity contribution in [2.75, 3.05) is 20.8 Å². The van der Waals surface area contributed by atoms with Crippen molar-refractivity contribution in [2.24, 2.45) is 5.92 Å². The molecule has 0 unspecified atom stereocenters. The standard InChI is InChI=1S/C17H25NO4/c1-21-13-9-11(10-14(22-2)16(13)19)15-12-5-3-4-6-17(12,20)7-8-18-15/h9-10,12,15,18-20H,3-8H2,1-2H3/t12-,15+,17-/m1/s1. The number of rotatable bonds is 3. The van der Waals surface area contributed by atoms with E-state index in [0.717, 1.165) is 44.2 Å². The second kappa shape index (κ2) is 5.97. The topological polar surface area (TPSA) is 71.0 Å². The lowest BCUT2D eigenvalue weighted by Gasteiger charge is -2.48. The van der Waals surface area contributed by atoms with Crippen molar-refractivity contribution < 1.29 is 19.7 Å². The number of methoxy groups -OCH3 is 2. The third kappa shape index (κ3) is 2.52. The molecule has 1 aliphatic heterocycles. The summed E-state index contributed by atoms with van der Waals surface area (Å²) in [7, 11) is 3.06. The maximum Gasteiger partial charge on any atom is 0.200 e. The molecule has 5 heteroatoms. The zero-order valence-corrected chi connectivity index (χ0v) is 13.3. The van der Waals surface area contributed by atoms with Gasteiger partial charge in [0.05, 0.1) is 19.8 Å². The highest BCUT2D eigenvalue weighted by Crippen LogP contribution is 2.48. The average Bonchev–Trinajstić information content (AvgIpc) is 2.54. The summed E-state index contributed by atoms with van der Waals surface area (Å²) < 4.78 is 10.5. The lowest BCUT2D eigenvalue weighted by Crippen LogP contribution is -2.53. The van der Waals surface area contributed by atoms with Crippen LogP contribution in [-0.4, -0.2) is 36.6 Å². The predicted molar refractivity (Wildman–Crippen MR) is 83.5 cm³/mol. The van der Waals surface area contributed by atoms with Gasteiger partial charge in [-0.3, -0.25) is 0 Å². The fourth-order valence-electron chi connectivity index (χ4n) is 4.07. The van der Waals surface area contributed by atoms with Crippen molar-refractivity contribution in [1.29, 1.82) is 0 Å². The Hall–Kier alpha value is -1.46. The number of fused-ring (bicyclic) bond motifs is 1. The smallest absolute Gasteiger partial charge is 0.200 e. The van der Waals surface area contributed by atoms with E-state index in [2.05, 4.69) is 5.32 Å². The largest absolute Gasteiger partial charge is 0.502 e. The van der Waals surface area contributed by atoms with Crippen LogP contribution in [0.25, 0.3) is 0 Å². The molecular weight excluding hydrogens is 282 g/mol. The SMILES string of the molecule is COc1cc([C@@H]2NCC[C@]3(O)CCCC[C@H]23)cc(OC)c1O. The molecule has 22 heavy (non-hydrogen) atoms. The van der Waals surface area contributed by atoms with E-state index in [4.69, 9.17) is 9.47 Å². The molecule has 3 rings (SSSR count). The Morgan fingerprint density at radius 3 is 2.45 bits per heavy atom. The molecule has 0 bridgehead atoms. The van der Waals surface area contributed by atoms with Crippen molar-refractivity contribution >= 4 is 0 Å². The molecule has 1 aromatic carbocycles. The second-order valence-corrected chi connectivity index (χ2v) is 6.41. The Morgan fingerprint density at radius 1 is 1.14 bits per heavy atom. The van der Waals surface area contributed by atoms with E-state index in [1.165, 1.54) is 14.2 Å². The molecule has 1 saturated heterocycles. The summed E-state index contributed by atoms with van der Waals surface area (Å²) in [6.07, 6.45) is 4.95. The number of ether oxygens (including phenoxy) is 2. The van der Waals surface area contributed by atoms with Crippen LogP contribution in [0.2, 0.25) is 0 Å². The van der Waals surface area contributed by atoms with Crippen LogP contribution in [0.4, 0.5) is 0 Å². The van der Waals surface area contributed by atoms with Crippen LogP contribution >= 0.6 is 0 Å². The number of hydrogen-bond acceptors (Lipinski definition) is 5. The maximum atomic E-state index is 11.0. The fourth-order valence-corrected chi connectivity index (χ4v) is 4.07. The van der Waals surface area contributed by atoms with Gasteiger partial charge in [0.25, 0.3) is 0 Å². The Morgan fingerprint density at radius 2 is 1.82 bits per heavy atom. The van der Waals surface area contributed by atoms with Gasteiger partial charge in [-0.25, -0.2) is 0 Å². The molecule has 122 valence electrons. The van der Waals surface area contributed by atoms with Crippen molar-refractivity contribution in [1.82, 2.24) is 5.32 Å². The number of nitrogens with one attached hydrogen (secondary N) is 1. The quantitative estimate of drug-likeness (QED) is 0.800. The van der Waals surface area contributed by atoms with E-state index in [1.54, 1.807) is 0 Å². The van der Waals surface area contributed by atoms with Crippen LogP contribution < -0.4 is 14.8 Å². The van der Waals surface area contributed by atoms with Gasteiger partial charge in [-0.2, -0.15) is 0 Å². The number of piperidine rings is 1. The molecule has 1 aliphatic carbocycles. The van der Waals surface area contributed by atoms with E-state index < -0.39 is 5.60 Å². The Bertz CT molecular complexity index is 518. The molecule has 3 atom stereocenters. The molecule has 0 spiro atoms. The third-order valence-electron chi connectivity index (χ3n) is 5.25. The molecule has 1 aromatic rings. The number of hydrogen-bond donors (Lipinski definition) is 3. The molecule has 2 fully saturated rings. The zero-order valence-electron chi connectivity index (χ0n) is 13.3. The van der Waals surface area contributed by atoms with Gasteiger partial charge in [-0.15, -0.1) is 0 Å². The molecule has 2 aliphatic rings. The van der Waals surface area contributed by atoms with Gasteiger partial charge >= 0.3 is 0 Å². The number of aromatic hydroxyl groups is 1. The van der Waals surface area contributed by atoms with Gasteiger partial charge in [0.1, 0.15) is 0 Å². The molecule has 3 N–H and O–H groups in total. The van der Waals surface area contributed by atoms with E-state index in [1.807, 2.05) is 12.1 Å². The third-order valence-corrected chi connectivity index (χ3v) is 5.25. The lowest BCUT2D eigenvalue weighted by molar-refractivity contribution is -0.0861. The lowest BCUT2D eigenvalue weighted by atomic mass is 9.67. The maximum absolute atomic E-state index is 11.0. The van der Waals surface area contributed by atoms with E-state index >= 15 is 0 Å². The van der Waals surface area contributed by atoms with Crippen LogP contribution in [0.15, 0.2) is 12.1 Å². The Labute approximate surface area is 131 Å². The first-order valence-corrected chi connectivity index (χ1v) is 7.99. The van der Waals surface area contributed by atoms with Crippen LogP contribution in [0.5, 0.6) is 17.2 Å². The molecule has 5 nitrogen and oxygen atoms in total. The van der Waals surface area contributed by atoms with E-state index in [9.17, 15) is 10.2 Å². The minimum atomic E-state index is -0.577. The first-order valence-electron chi connectivity index (χ1n) is 7.99. The van der Waals surface area contributed by atoms with Gasteiger partial charge in [0.2, 0.25) is 5.75 Å². The predicted octanol–water partition coefficient (Wildman–Crippen LogP) is 2.37. The molecule has 0 radical (unpaired) electrons. The highest BCUT2D eigenvalue weighted by Gasteiger charge is 2.46. The van der Waals surface area contributed by atoms with Gasteiger partial charge in [0, 0.05) is 12.0 Å². The van der Waals surface area contributed by atoms with Gasteiger partial charge in [0.15, 0.2) is 11.5 Å². The van der Waals surface area contributed by atoms with Gasteiger partial charge in [-0.05, 0) is 43.5 Å². The molecule has 0 aromatic heterocycles. The van der Waals surface area contributed by atoms with Crippen molar-refractivity contribution in [2.45, 2.75) is 43.7 Å². The number of benzene rings is 1. The van der Waals surface area contributed by atoms with Gasteiger partial charge < -0.3 is 25.0 Å². The second-order valence-electron chi connectivity index (χ2n) is 6.41. The van der Waals surface area contributed by atoms with Gasteiger partial charge in [-0.1, -0.05) is 12.8 Å². The summed E-state index contributed by atoms with van der Waals surface area (Å²) in [5, 5.41) is 24.6. The van der Waals surface area contributed by atoms with Crippen LogP contribution in [0, 0.1) is 5.92 Å². The van der Waals surface area contributed by atoms with Crippen LogP contribution in [0.1, 0.15) is 43.7 Å². The molecule has 0 amide bonds. The van der Waals surface area contributed by atoms with E-state index in [0.29, 0.717) is 11.5 Å². The number of aliphatic hydroxyl groups is 1. The first-order chi connectivity index (χ1) is 10.6. The molecular formula is C17H25NO4. The Kier molecular flexibility index (Phi) is 4.19. The summed E-state index contributed by atoms with van der Waals surface area (Å²) in [6, 6.07) is 3.74. The Balaban J connectivity index is 1.98. The van der Waals surface area contributed by atoms with E-state index in [-0.39, 0.29) is 17.7 Å². The highest BCUT2D eigenvalue weighted by molar-refractivity contribution is 5.53. The minimum absolute atomic E-state index is 0.0171. The fraction of sp³-hybridized carbons (Fsp3) is 0.647. The molecule has 1 saturated carbocycles. The number of phenols is 1. The highest BCUT2D eigenvalue weighted by atomic mass is 16.5. The van der Waals surface area contributed by atoms with Crippen LogP contribution in [-0.2, 0) is 0 Å². The minimum Gasteiger partial charge on any atom is -0.502 e. The summed E-state index contributed by atoms with van der Waals surface area (Å²) in [5.74, 6) is 1.01. The molecule has 1 heterocycles. The van der Waals surface area contributed by atoms with Crippen molar-refractivity contribution in [3.63, 3.8) is 0 Å². The average molecular weight is 307 g/mol. The first kappa shape index (κ1) is 15.4. The van der Waals surface area contributed by atoms with Crippen molar-refractivity contribution in [3.8, 4) is 17.2 Å². The van der Waals surface area contributed by atoms with Crippen LogP contribution in [0.3, 0.4) is 0 Å². The summed E-state index contributed by atoms with van der Waals surface area (Å²) in [4.78, 5) is 0. The van der Waals surface area contributed by atoms with Crippen molar-refractivity contribution in [3.05, 3.63) is 17.7 Å². The summed E-state index contributed by atoms with van der Waals surface area (Å²) >= 11 is 0. The monoisotopic (exact) mass is 307 g/mol. The number of phenolic OH excluding ortho intramolecular Hbond substituents is 1. The summed E-state index contributed by atoms with van der Waals surface area (Å²) in [6.45, 7) is 0.795.